The van der Waals surface area contributed by atoms with Crippen molar-refractivity contribution in [3.05, 3.63) is 32.9 Å². The Labute approximate surface area is 132 Å². The van der Waals surface area contributed by atoms with E-state index < -0.39 is 10.0 Å². The Morgan fingerprint density at radius 2 is 2.00 bits per heavy atom. The topological polar surface area (TPSA) is 72.0 Å². The Hall–Kier alpha value is -0.930. The standard InChI is InChI=1S/C10H5Cl2N3O2S3/c11-8-4-7(10(12)18-8)20(16,17)15-6-3-1-2-5-9(6)14-19-13-5/h1-4,15H. The van der Waals surface area contributed by atoms with Gasteiger partial charge >= 0.3 is 0 Å². The molecule has 0 aliphatic rings. The molecule has 1 aromatic carbocycles. The van der Waals surface area contributed by atoms with Gasteiger partial charge in [0.05, 0.1) is 21.8 Å². The molecule has 0 amide bonds. The Morgan fingerprint density at radius 3 is 2.70 bits per heavy atom. The van der Waals surface area contributed by atoms with Crippen molar-refractivity contribution in [2.24, 2.45) is 0 Å². The number of halogens is 2. The van der Waals surface area contributed by atoms with Gasteiger partial charge in [0.2, 0.25) is 0 Å². The molecular formula is C10H5Cl2N3O2S3. The van der Waals surface area contributed by atoms with Crippen molar-refractivity contribution in [3.8, 4) is 0 Å². The third-order valence-corrected chi connectivity index (χ3v) is 6.11. The summed E-state index contributed by atoms with van der Waals surface area (Å²) in [7, 11) is -3.81. The van der Waals surface area contributed by atoms with E-state index in [4.69, 9.17) is 23.2 Å². The summed E-state index contributed by atoms with van der Waals surface area (Å²) >= 11 is 13.7. The van der Waals surface area contributed by atoms with E-state index in [1.165, 1.54) is 6.07 Å². The largest absolute Gasteiger partial charge is 0.277 e. The zero-order valence-electron chi connectivity index (χ0n) is 9.50. The smallest absolute Gasteiger partial charge is 0.264 e. The molecule has 0 aliphatic carbocycles. The number of fused-ring (bicyclic) bond motifs is 1. The summed E-state index contributed by atoms with van der Waals surface area (Å²) in [5, 5.41) is 0. The number of anilines is 1. The number of rotatable bonds is 3. The molecule has 3 aromatic rings. The second-order valence-electron chi connectivity index (χ2n) is 3.73. The summed E-state index contributed by atoms with van der Waals surface area (Å²) in [5.41, 5.74) is 1.48. The second kappa shape index (κ2) is 5.12. The van der Waals surface area contributed by atoms with Crippen molar-refractivity contribution >= 4 is 73.0 Å². The molecule has 0 aliphatic heterocycles. The van der Waals surface area contributed by atoms with Gasteiger partial charge in [0.15, 0.2) is 0 Å². The molecule has 0 spiro atoms. The minimum absolute atomic E-state index is 0.0469. The molecule has 10 heteroatoms. The number of thiophene rings is 1. The number of hydrogen-bond donors (Lipinski definition) is 1. The van der Waals surface area contributed by atoms with Gasteiger partial charge in [-0.05, 0) is 18.2 Å². The normalized spacial score (nSPS) is 11.9. The van der Waals surface area contributed by atoms with Gasteiger partial charge in [0, 0.05) is 0 Å². The molecule has 5 nitrogen and oxygen atoms in total. The second-order valence-corrected chi connectivity index (χ2v) is 8.20. The van der Waals surface area contributed by atoms with Crippen LogP contribution in [0.3, 0.4) is 0 Å². The fraction of sp³-hybridized carbons (Fsp3) is 0. The van der Waals surface area contributed by atoms with Crippen LogP contribution in [-0.4, -0.2) is 17.2 Å². The predicted molar refractivity (Wildman–Crippen MR) is 82.6 cm³/mol. The van der Waals surface area contributed by atoms with Gasteiger partial charge in [-0.25, -0.2) is 8.42 Å². The average molecular weight is 366 g/mol. The van der Waals surface area contributed by atoms with Gasteiger partial charge in [0.25, 0.3) is 10.0 Å². The van der Waals surface area contributed by atoms with Crippen LogP contribution in [0.25, 0.3) is 11.0 Å². The molecule has 3 rings (SSSR count). The van der Waals surface area contributed by atoms with E-state index >= 15 is 0 Å². The lowest BCUT2D eigenvalue weighted by atomic mass is 10.3. The molecule has 0 saturated carbocycles. The third-order valence-electron chi connectivity index (χ3n) is 2.45. The van der Waals surface area contributed by atoms with Gasteiger partial charge in [-0.3, -0.25) is 4.72 Å². The van der Waals surface area contributed by atoms with E-state index in [-0.39, 0.29) is 9.23 Å². The monoisotopic (exact) mass is 365 g/mol. The summed E-state index contributed by atoms with van der Waals surface area (Å²) in [5.74, 6) is 0. The summed E-state index contributed by atoms with van der Waals surface area (Å²) < 4.78 is 35.6. The van der Waals surface area contributed by atoms with Crippen LogP contribution in [-0.2, 0) is 10.0 Å². The number of nitrogens with one attached hydrogen (secondary N) is 1. The Kier molecular flexibility index (Phi) is 3.59. The number of hydrogen-bond acceptors (Lipinski definition) is 6. The SMILES string of the molecule is O=S(=O)(Nc1cccc2nsnc12)c1cc(Cl)sc1Cl. The first-order valence-corrected chi connectivity index (χ1v) is 8.95. The minimum Gasteiger partial charge on any atom is -0.277 e. The Morgan fingerprint density at radius 1 is 1.20 bits per heavy atom. The summed E-state index contributed by atoms with van der Waals surface area (Å²) in [6.07, 6.45) is 0. The number of aromatic nitrogens is 2. The lowest BCUT2D eigenvalue weighted by Gasteiger charge is -2.07. The molecule has 0 saturated heterocycles. The maximum absolute atomic E-state index is 12.3. The zero-order valence-corrected chi connectivity index (χ0v) is 13.5. The van der Waals surface area contributed by atoms with Crippen LogP contribution in [0.15, 0.2) is 29.2 Å². The summed E-state index contributed by atoms with van der Waals surface area (Å²) in [4.78, 5) is -0.0469. The molecular weight excluding hydrogens is 361 g/mol. The molecule has 2 aromatic heterocycles. The van der Waals surface area contributed by atoms with Crippen molar-refractivity contribution in [1.29, 1.82) is 0 Å². The zero-order chi connectivity index (χ0) is 14.3. The predicted octanol–water partition coefficient (Wildman–Crippen LogP) is 3.86. The molecule has 0 bridgehead atoms. The van der Waals surface area contributed by atoms with Crippen LogP contribution in [0, 0.1) is 0 Å². The van der Waals surface area contributed by atoms with Crippen LogP contribution in [0.5, 0.6) is 0 Å². The van der Waals surface area contributed by atoms with Crippen molar-refractivity contribution < 1.29 is 8.42 Å². The van der Waals surface area contributed by atoms with Gasteiger partial charge in [0.1, 0.15) is 20.3 Å². The van der Waals surface area contributed by atoms with Crippen LogP contribution < -0.4 is 4.72 Å². The van der Waals surface area contributed by atoms with E-state index in [9.17, 15) is 8.42 Å². The number of sulfonamides is 1. The average Bonchev–Trinajstić information content (AvgIpc) is 2.96. The molecule has 2 heterocycles. The molecule has 0 fully saturated rings. The van der Waals surface area contributed by atoms with Gasteiger partial charge in [-0.2, -0.15) is 8.75 Å². The summed E-state index contributed by atoms with van der Waals surface area (Å²) in [6.45, 7) is 0. The molecule has 20 heavy (non-hydrogen) atoms. The van der Waals surface area contributed by atoms with Crippen LogP contribution in [0.2, 0.25) is 8.67 Å². The number of benzene rings is 1. The highest BCUT2D eigenvalue weighted by Gasteiger charge is 2.22. The quantitative estimate of drug-likeness (QED) is 0.764. The van der Waals surface area contributed by atoms with E-state index in [2.05, 4.69) is 13.5 Å². The highest BCUT2D eigenvalue weighted by molar-refractivity contribution is 7.93. The maximum atomic E-state index is 12.3. The molecule has 0 unspecified atom stereocenters. The van der Waals surface area contributed by atoms with Crippen molar-refractivity contribution in [1.82, 2.24) is 8.75 Å². The highest BCUT2D eigenvalue weighted by atomic mass is 35.5. The highest BCUT2D eigenvalue weighted by Crippen LogP contribution is 2.35. The van der Waals surface area contributed by atoms with Gasteiger partial charge in [-0.15, -0.1) is 11.3 Å². The first-order chi connectivity index (χ1) is 9.47. The Bertz CT molecular complexity index is 888. The van der Waals surface area contributed by atoms with E-state index in [0.717, 1.165) is 23.1 Å². The van der Waals surface area contributed by atoms with Crippen LogP contribution in [0.1, 0.15) is 0 Å². The first kappa shape index (κ1) is 14.0. The molecule has 104 valence electrons. The fourth-order valence-corrected chi connectivity index (χ4v) is 5.36. The van der Waals surface area contributed by atoms with E-state index in [1.54, 1.807) is 18.2 Å². The lowest BCUT2D eigenvalue weighted by molar-refractivity contribution is 0.601. The first-order valence-electron chi connectivity index (χ1n) is 5.16. The molecule has 0 atom stereocenters. The molecule has 1 N–H and O–H groups in total. The maximum Gasteiger partial charge on any atom is 0.264 e. The van der Waals surface area contributed by atoms with Crippen molar-refractivity contribution in [2.75, 3.05) is 4.72 Å². The van der Waals surface area contributed by atoms with Crippen molar-refractivity contribution in [3.63, 3.8) is 0 Å². The van der Waals surface area contributed by atoms with E-state index in [1.807, 2.05) is 0 Å². The minimum atomic E-state index is -3.81. The lowest BCUT2D eigenvalue weighted by Crippen LogP contribution is -2.12. The number of nitrogens with zero attached hydrogens (tertiary/aromatic N) is 2. The fourth-order valence-electron chi connectivity index (χ4n) is 1.60. The van der Waals surface area contributed by atoms with Gasteiger partial charge < -0.3 is 0 Å². The third kappa shape index (κ3) is 2.49. The van der Waals surface area contributed by atoms with E-state index in [0.29, 0.717) is 21.1 Å². The van der Waals surface area contributed by atoms with Crippen molar-refractivity contribution in [2.45, 2.75) is 4.90 Å². The van der Waals surface area contributed by atoms with Crippen LogP contribution >= 0.6 is 46.3 Å². The Balaban J connectivity index is 2.06. The van der Waals surface area contributed by atoms with Gasteiger partial charge in [-0.1, -0.05) is 29.3 Å². The molecule has 0 radical (unpaired) electrons. The summed E-state index contributed by atoms with van der Waals surface area (Å²) in [6, 6.07) is 6.38. The van der Waals surface area contributed by atoms with Crippen LogP contribution in [0.4, 0.5) is 5.69 Å².